The van der Waals surface area contributed by atoms with Crippen LogP contribution in [0.25, 0.3) is 0 Å². The summed E-state index contributed by atoms with van der Waals surface area (Å²) in [5.41, 5.74) is -1.67. The molecule has 0 aliphatic heterocycles. The fourth-order valence-corrected chi connectivity index (χ4v) is 2.19. The third-order valence-corrected chi connectivity index (χ3v) is 2.97. The highest BCUT2D eigenvalue weighted by atomic mass is 31.2. The molecule has 0 amide bonds. The highest BCUT2D eigenvalue weighted by Gasteiger charge is 2.20. The second-order valence-electron chi connectivity index (χ2n) is 3.74. The van der Waals surface area contributed by atoms with Crippen LogP contribution in [0.4, 0.5) is 0 Å². The third kappa shape index (κ3) is 3.32. The first-order valence-corrected chi connectivity index (χ1v) is 7.04. The van der Waals surface area contributed by atoms with Gasteiger partial charge in [-0.3, -0.25) is 13.9 Å². The molecule has 0 saturated heterocycles. The Morgan fingerprint density at radius 2 is 2.00 bits per heavy atom. The van der Waals surface area contributed by atoms with E-state index in [0.29, 0.717) is 17.7 Å². The molecule has 1 heterocycles. The molecule has 1 aromatic heterocycles. The number of hydrogen-bond donors (Lipinski definition) is 2. The van der Waals surface area contributed by atoms with Crippen LogP contribution >= 0.6 is 7.60 Å². The van der Waals surface area contributed by atoms with Crippen LogP contribution in [-0.4, -0.2) is 26.2 Å². The summed E-state index contributed by atoms with van der Waals surface area (Å²) in [6, 6.07) is 0. The van der Waals surface area contributed by atoms with Crippen molar-refractivity contribution < 1.29 is 19.2 Å². The van der Waals surface area contributed by atoms with E-state index in [1.807, 2.05) is 6.92 Å². The number of hydrogen-bond acceptors (Lipinski definition) is 4. The zero-order chi connectivity index (χ0) is 13.9. The summed E-state index contributed by atoms with van der Waals surface area (Å²) in [7, 11) is -3.24. The van der Waals surface area contributed by atoms with Gasteiger partial charge < -0.3 is 14.6 Å². The molecule has 0 aliphatic carbocycles. The molecule has 1 aromatic rings. The fourth-order valence-electron chi connectivity index (χ4n) is 1.52. The van der Waals surface area contributed by atoms with Crippen LogP contribution in [0.5, 0.6) is 0 Å². The Morgan fingerprint density at radius 3 is 2.44 bits per heavy atom. The summed E-state index contributed by atoms with van der Waals surface area (Å²) in [6.45, 7) is 2.16. The minimum absolute atomic E-state index is 0.154. The van der Waals surface area contributed by atoms with Crippen molar-refractivity contribution in [3.63, 3.8) is 0 Å². The maximum absolute atomic E-state index is 11.7. The first-order valence-electron chi connectivity index (χ1n) is 5.24. The minimum Gasteiger partial charge on any atom is -0.409 e. The Morgan fingerprint density at radius 1 is 1.39 bits per heavy atom. The molecule has 0 radical (unpaired) electrons. The first-order chi connectivity index (χ1) is 8.30. The number of aryl methyl sites for hydroxylation is 1. The van der Waals surface area contributed by atoms with Crippen molar-refractivity contribution in [1.82, 2.24) is 9.30 Å². The number of aromatic nitrogens is 2. The lowest BCUT2D eigenvalue weighted by Gasteiger charge is -2.11. The van der Waals surface area contributed by atoms with Crippen LogP contribution in [0.1, 0.15) is 18.9 Å². The van der Waals surface area contributed by atoms with Gasteiger partial charge in [0.25, 0.3) is 5.56 Å². The SMILES string of the molecule is CCCn1cc(CP(=O)(O)O)c(=O)n(OC)c1=O. The maximum atomic E-state index is 11.7. The molecule has 2 N–H and O–H groups in total. The standard InChI is InChI=1S/C9H15N2O6P/c1-3-4-10-5-7(6-18(14,15)16)8(12)11(17-2)9(10)13/h5H,3-4,6H2,1-2H3,(H2,14,15,16). The highest BCUT2D eigenvalue weighted by molar-refractivity contribution is 7.50. The van der Waals surface area contributed by atoms with Crippen LogP contribution in [-0.2, 0) is 17.3 Å². The van der Waals surface area contributed by atoms with E-state index in [1.54, 1.807) is 0 Å². The van der Waals surface area contributed by atoms with E-state index in [-0.39, 0.29) is 5.56 Å². The van der Waals surface area contributed by atoms with Crippen molar-refractivity contribution in [3.8, 4) is 0 Å². The van der Waals surface area contributed by atoms with Crippen LogP contribution in [0, 0.1) is 0 Å². The molecule has 18 heavy (non-hydrogen) atoms. The molecule has 0 atom stereocenters. The monoisotopic (exact) mass is 278 g/mol. The fraction of sp³-hybridized carbons (Fsp3) is 0.556. The van der Waals surface area contributed by atoms with E-state index in [0.717, 1.165) is 7.11 Å². The summed E-state index contributed by atoms with van der Waals surface area (Å²) in [5, 5.41) is 0. The lowest BCUT2D eigenvalue weighted by atomic mass is 10.3. The molecular formula is C9H15N2O6P. The van der Waals surface area contributed by atoms with Crippen molar-refractivity contribution in [2.75, 3.05) is 7.11 Å². The van der Waals surface area contributed by atoms with Crippen LogP contribution in [0.2, 0.25) is 0 Å². The van der Waals surface area contributed by atoms with Crippen molar-refractivity contribution in [1.29, 1.82) is 0 Å². The van der Waals surface area contributed by atoms with E-state index >= 15 is 0 Å². The summed E-state index contributed by atoms with van der Waals surface area (Å²) in [5.74, 6) is 0. The average Bonchev–Trinajstić information content (AvgIpc) is 2.24. The maximum Gasteiger partial charge on any atom is 0.364 e. The lowest BCUT2D eigenvalue weighted by molar-refractivity contribution is 0.138. The van der Waals surface area contributed by atoms with Gasteiger partial charge in [-0.2, -0.15) is 0 Å². The van der Waals surface area contributed by atoms with E-state index in [2.05, 4.69) is 4.84 Å². The zero-order valence-electron chi connectivity index (χ0n) is 10.1. The predicted molar refractivity (Wildman–Crippen MR) is 63.5 cm³/mol. The number of rotatable bonds is 5. The molecule has 0 unspecified atom stereocenters. The first kappa shape index (κ1) is 14.7. The molecular weight excluding hydrogens is 263 g/mol. The highest BCUT2D eigenvalue weighted by Crippen LogP contribution is 2.37. The molecule has 0 saturated carbocycles. The Balaban J connectivity index is 3.44. The summed E-state index contributed by atoms with van der Waals surface area (Å²) in [4.78, 5) is 45.9. The molecule has 1 rings (SSSR count). The summed E-state index contributed by atoms with van der Waals surface area (Å²) >= 11 is 0. The van der Waals surface area contributed by atoms with Crippen molar-refractivity contribution in [2.45, 2.75) is 26.1 Å². The average molecular weight is 278 g/mol. The third-order valence-electron chi connectivity index (χ3n) is 2.21. The Kier molecular flexibility index (Phi) is 4.50. The molecule has 0 aliphatic rings. The van der Waals surface area contributed by atoms with Crippen molar-refractivity contribution in [3.05, 3.63) is 32.6 Å². The van der Waals surface area contributed by atoms with E-state index in [4.69, 9.17) is 9.79 Å². The van der Waals surface area contributed by atoms with Gasteiger partial charge in [0.2, 0.25) is 0 Å². The van der Waals surface area contributed by atoms with Crippen LogP contribution < -0.4 is 16.1 Å². The minimum atomic E-state index is -4.38. The van der Waals surface area contributed by atoms with Gasteiger partial charge in [0.15, 0.2) is 0 Å². The summed E-state index contributed by atoms with van der Waals surface area (Å²) in [6.07, 6.45) is 1.08. The largest absolute Gasteiger partial charge is 0.409 e. The normalized spacial score (nSPS) is 11.6. The number of nitrogens with zero attached hydrogens (tertiary/aromatic N) is 2. The quantitative estimate of drug-likeness (QED) is 0.679. The molecule has 8 nitrogen and oxygen atoms in total. The molecule has 9 heteroatoms. The van der Waals surface area contributed by atoms with Gasteiger partial charge in [-0.15, -0.1) is 0 Å². The molecule has 0 aromatic carbocycles. The van der Waals surface area contributed by atoms with Crippen LogP contribution in [0.3, 0.4) is 0 Å². The van der Waals surface area contributed by atoms with Crippen molar-refractivity contribution >= 4 is 7.60 Å². The Bertz CT molecular complexity index is 584. The van der Waals surface area contributed by atoms with E-state index in [9.17, 15) is 14.2 Å². The molecule has 0 fully saturated rings. The molecule has 0 spiro atoms. The van der Waals surface area contributed by atoms with Gasteiger partial charge in [0.05, 0.1) is 6.16 Å². The van der Waals surface area contributed by atoms with Gasteiger partial charge in [-0.05, 0) is 6.42 Å². The second-order valence-corrected chi connectivity index (χ2v) is 5.38. The van der Waals surface area contributed by atoms with Gasteiger partial charge in [-0.25, -0.2) is 4.79 Å². The second kappa shape index (κ2) is 5.51. The van der Waals surface area contributed by atoms with Gasteiger partial charge in [0.1, 0.15) is 7.11 Å². The Hall–Kier alpha value is -1.37. The summed E-state index contributed by atoms with van der Waals surface area (Å²) < 4.78 is 12.6. The smallest absolute Gasteiger partial charge is 0.364 e. The van der Waals surface area contributed by atoms with Crippen LogP contribution in [0.15, 0.2) is 15.8 Å². The van der Waals surface area contributed by atoms with Gasteiger partial charge >= 0.3 is 13.3 Å². The van der Waals surface area contributed by atoms with Gasteiger partial charge in [0, 0.05) is 18.3 Å². The molecule has 102 valence electrons. The van der Waals surface area contributed by atoms with E-state index in [1.165, 1.54) is 10.8 Å². The molecule has 0 bridgehead atoms. The lowest BCUT2D eigenvalue weighted by Crippen LogP contribution is -2.44. The van der Waals surface area contributed by atoms with Crippen molar-refractivity contribution in [2.24, 2.45) is 0 Å². The van der Waals surface area contributed by atoms with Gasteiger partial charge in [-0.1, -0.05) is 11.7 Å². The Labute approximate surface area is 103 Å². The zero-order valence-corrected chi connectivity index (χ0v) is 11.0. The predicted octanol–water partition coefficient (Wildman–Crippen LogP) is -0.844. The topological polar surface area (TPSA) is 111 Å². The van der Waals surface area contributed by atoms with E-state index < -0.39 is 25.0 Å².